The first-order valence-electron chi connectivity index (χ1n) is 13.5. The van der Waals surface area contributed by atoms with E-state index in [0.717, 1.165) is 11.1 Å². The molecule has 1 fully saturated rings. The smallest absolute Gasteiger partial charge is 0.319 e. The van der Waals surface area contributed by atoms with Gasteiger partial charge in [-0.15, -0.1) is 0 Å². The molecule has 214 valence electrons. The maximum absolute atomic E-state index is 14.4. The summed E-state index contributed by atoms with van der Waals surface area (Å²) in [5.41, 5.74) is 1.20. The van der Waals surface area contributed by atoms with Crippen molar-refractivity contribution < 1.29 is 19.3 Å². The SMILES string of the molecule is CC(=O)N(N1C(=O)C(NC(=O)Nc2cccc([N+](=O)[O-])c2)CC(c2ccccc2)CC1c1ccccc1)C(C)(C)C. The van der Waals surface area contributed by atoms with Crippen LogP contribution in [0.15, 0.2) is 84.9 Å². The van der Waals surface area contributed by atoms with Gasteiger partial charge < -0.3 is 10.6 Å². The molecular weight excluding hydrogens is 522 g/mol. The average Bonchev–Trinajstić information content (AvgIpc) is 3.06. The number of amides is 4. The van der Waals surface area contributed by atoms with Crippen LogP contribution in [0.5, 0.6) is 0 Å². The molecule has 0 radical (unpaired) electrons. The van der Waals surface area contributed by atoms with Crippen molar-refractivity contribution in [1.82, 2.24) is 15.3 Å². The van der Waals surface area contributed by atoms with Crippen LogP contribution in [-0.4, -0.2) is 44.4 Å². The number of non-ortho nitro benzene ring substituents is 1. The lowest BCUT2D eigenvalue weighted by atomic mass is 9.86. The number of rotatable bonds is 6. The molecule has 0 aliphatic carbocycles. The molecule has 0 saturated carbocycles. The number of carbonyl (C=O) groups is 3. The third kappa shape index (κ3) is 6.89. The predicted octanol–water partition coefficient (Wildman–Crippen LogP) is 5.79. The van der Waals surface area contributed by atoms with Gasteiger partial charge in [0.15, 0.2) is 0 Å². The van der Waals surface area contributed by atoms with Gasteiger partial charge in [0.2, 0.25) is 5.91 Å². The van der Waals surface area contributed by atoms with E-state index in [4.69, 9.17) is 0 Å². The summed E-state index contributed by atoms with van der Waals surface area (Å²) in [6.45, 7) is 7.01. The molecule has 3 atom stereocenters. The highest BCUT2D eigenvalue weighted by molar-refractivity contribution is 5.94. The number of benzene rings is 3. The van der Waals surface area contributed by atoms with Gasteiger partial charge in [-0.2, -0.15) is 0 Å². The highest BCUT2D eigenvalue weighted by Crippen LogP contribution is 2.41. The molecule has 1 aliphatic heterocycles. The number of hydrogen-bond donors (Lipinski definition) is 2. The Morgan fingerprint density at radius 1 is 0.927 bits per heavy atom. The first-order valence-corrected chi connectivity index (χ1v) is 13.5. The summed E-state index contributed by atoms with van der Waals surface area (Å²) in [6, 6.07) is 22.8. The summed E-state index contributed by atoms with van der Waals surface area (Å²) >= 11 is 0. The topological polar surface area (TPSA) is 125 Å². The molecule has 3 aromatic carbocycles. The van der Waals surface area contributed by atoms with Crippen LogP contribution in [-0.2, 0) is 9.59 Å². The fourth-order valence-corrected chi connectivity index (χ4v) is 5.44. The molecule has 0 spiro atoms. The fourth-order valence-electron chi connectivity index (χ4n) is 5.44. The minimum atomic E-state index is -0.989. The molecule has 4 amide bonds. The first-order chi connectivity index (χ1) is 19.5. The van der Waals surface area contributed by atoms with Crippen molar-refractivity contribution in [3.63, 3.8) is 0 Å². The number of nitro groups is 1. The number of anilines is 1. The van der Waals surface area contributed by atoms with E-state index < -0.39 is 34.5 Å². The largest absolute Gasteiger partial charge is 0.326 e. The zero-order valence-corrected chi connectivity index (χ0v) is 23.6. The van der Waals surface area contributed by atoms with E-state index in [1.165, 1.54) is 41.2 Å². The molecule has 3 unspecified atom stereocenters. The summed E-state index contributed by atoms with van der Waals surface area (Å²) in [7, 11) is 0. The summed E-state index contributed by atoms with van der Waals surface area (Å²) < 4.78 is 0. The molecule has 1 heterocycles. The summed E-state index contributed by atoms with van der Waals surface area (Å²) in [5, 5.41) is 19.6. The Morgan fingerprint density at radius 2 is 1.54 bits per heavy atom. The number of carbonyl (C=O) groups excluding carboxylic acids is 3. The van der Waals surface area contributed by atoms with Crippen LogP contribution in [0.25, 0.3) is 0 Å². The number of hydrogen-bond acceptors (Lipinski definition) is 5. The quantitative estimate of drug-likeness (QED) is 0.293. The van der Waals surface area contributed by atoms with Crippen LogP contribution in [0.4, 0.5) is 16.2 Å². The minimum Gasteiger partial charge on any atom is -0.326 e. The number of nitro benzene ring substituents is 1. The second-order valence-corrected chi connectivity index (χ2v) is 11.1. The predicted molar refractivity (Wildman–Crippen MR) is 156 cm³/mol. The third-order valence-electron chi connectivity index (χ3n) is 7.07. The van der Waals surface area contributed by atoms with Crippen molar-refractivity contribution in [2.75, 3.05) is 5.32 Å². The van der Waals surface area contributed by atoms with Gasteiger partial charge in [0, 0.05) is 24.7 Å². The molecule has 0 aromatic heterocycles. The van der Waals surface area contributed by atoms with Crippen LogP contribution in [0.2, 0.25) is 0 Å². The van der Waals surface area contributed by atoms with Crippen LogP contribution in [0.3, 0.4) is 0 Å². The highest BCUT2D eigenvalue weighted by atomic mass is 16.6. The number of nitrogens with one attached hydrogen (secondary N) is 2. The van der Waals surface area contributed by atoms with Crippen molar-refractivity contribution in [2.24, 2.45) is 0 Å². The van der Waals surface area contributed by atoms with Gasteiger partial charge in [0.05, 0.1) is 16.5 Å². The molecule has 41 heavy (non-hydrogen) atoms. The fraction of sp³-hybridized carbons (Fsp3) is 0.323. The van der Waals surface area contributed by atoms with E-state index in [1.54, 1.807) is 0 Å². The van der Waals surface area contributed by atoms with Crippen LogP contribution in [0, 0.1) is 10.1 Å². The van der Waals surface area contributed by atoms with Crippen molar-refractivity contribution in [3.8, 4) is 0 Å². The van der Waals surface area contributed by atoms with E-state index in [-0.39, 0.29) is 23.2 Å². The lowest BCUT2D eigenvalue weighted by Gasteiger charge is -2.47. The molecule has 0 bridgehead atoms. The Kier molecular flexibility index (Phi) is 8.71. The van der Waals surface area contributed by atoms with Crippen molar-refractivity contribution in [3.05, 3.63) is 106 Å². The van der Waals surface area contributed by atoms with E-state index in [0.29, 0.717) is 12.8 Å². The van der Waals surface area contributed by atoms with Crippen LogP contribution >= 0.6 is 0 Å². The molecule has 2 N–H and O–H groups in total. The first kappa shape index (κ1) is 29.3. The third-order valence-corrected chi connectivity index (χ3v) is 7.07. The van der Waals surface area contributed by atoms with Crippen molar-refractivity contribution >= 4 is 29.2 Å². The summed E-state index contributed by atoms with van der Waals surface area (Å²) in [6.07, 6.45) is 0.811. The van der Waals surface area contributed by atoms with Gasteiger partial charge in [-0.1, -0.05) is 66.7 Å². The normalized spacial score (nSPS) is 19.2. The van der Waals surface area contributed by atoms with Crippen LogP contribution < -0.4 is 10.6 Å². The van der Waals surface area contributed by atoms with Gasteiger partial charge in [0.25, 0.3) is 11.6 Å². The van der Waals surface area contributed by atoms with Gasteiger partial charge in [0.1, 0.15) is 6.04 Å². The lowest BCUT2D eigenvalue weighted by Crippen LogP contribution is -2.61. The van der Waals surface area contributed by atoms with Gasteiger partial charge in [-0.3, -0.25) is 19.7 Å². The van der Waals surface area contributed by atoms with Gasteiger partial charge in [-0.25, -0.2) is 14.8 Å². The molecule has 3 aromatic rings. The Labute approximate surface area is 239 Å². The zero-order valence-electron chi connectivity index (χ0n) is 23.6. The monoisotopic (exact) mass is 557 g/mol. The average molecular weight is 558 g/mol. The van der Waals surface area contributed by atoms with Gasteiger partial charge >= 0.3 is 6.03 Å². The zero-order chi connectivity index (χ0) is 29.7. The van der Waals surface area contributed by atoms with Crippen molar-refractivity contribution in [1.29, 1.82) is 0 Å². The van der Waals surface area contributed by atoms with E-state index in [9.17, 15) is 24.5 Å². The Bertz CT molecular complexity index is 1410. The maximum Gasteiger partial charge on any atom is 0.319 e. The van der Waals surface area contributed by atoms with E-state index >= 15 is 0 Å². The molecule has 1 saturated heterocycles. The number of nitrogens with zero attached hydrogens (tertiary/aromatic N) is 3. The lowest BCUT2D eigenvalue weighted by molar-refractivity contribution is -0.384. The second kappa shape index (κ2) is 12.2. The molecule has 4 rings (SSSR count). The maximum atomic E-state index is 14.4. The Hall–Kier alpha value is -4.73. The van der Waals surface area contributed by atoms with Gasteiger partial charge in [-0.05, 0) is 56.7 Å². The second-order valence-electron chi connectivity index (χ2n) is 11.1. The van der Waals surface area contributed by atoms with Crippen molar-refractivity contribution in [2.45, 2.75) is 64.1 Å². The number of hydrazine groups is 1. The molecule has 10 heteroatoms. The van der Waals surface area contributed by atoms with Crippen LogP contribution in [0.1, 0.15) is 63.6 Å². The summed E-state index contributed by atoms with van der Waals surface area (Å²) in [5.74, 6) is -0.853. The Morgan fingerprint density at radius 3 is 2.10 bits per heavy atom. The number of urea groups is 1. The Balaban J connectivity index is 1.76. The van der Waals surface area contributed by atoms with E-state index in [1.807, 2.05) is 81.4 Å². The summed E-state index contributed by atoms with van der Waals surface area (Å²) in [4.78, 5) is 51.4. The minimum absolute atomic E-state index is 0.132. The molecular formula is C31H35N5O5. The molecule has 10 nitrogen and oxygen atoms in total. The van der Waals surface area contributed by atoms with E-state index in [2.05, 4.69) is 10.6 Å². The molecule has 1 aliphatic rings. The highest BCUT2D eigenvalue weighted by Gasteiger charge is 2.45. The standard InChI is InChI=1S/C31H35N5O5/c1-21(37)35(31(2,3)4)34-28(23-14-9-6-10-15-23)19-24(22-12-7-5-8-13-22)18-27(29(34)38)33-30(39)32-25-16-11-17-26(20-25)36(40)41/h5-17,20,24,27-28H,18-19H2,1-4H3,(H2,32,33,39).